The van der Waals surface area contributed by atoms with Crippen molar-refractivity contribution in [1.82, 2.24) is 15.0 Å². The number of aryl methyl sites for hydroxylation is 1. The van der Waals surface area contributed by atoms with Crippen molar-refractivity contribution in [3.63, 3.8) is 0 Å². The average molecular weight is 310 g/mol. The molecule has 0 aromatic carbocycles. The third-order valence-electron chi connectivity index (χ3n) is 4.92. The normalized spacial score (nSPS) is 23.0. The summed E-state index contributed by atoms with van der Waals surface area (Å²) < 4.78 is 0. The van der Waals surface area contributed by atoms with Gasteiger partial charge in [0.1, 0.15) is 12.1 Å². The molecule has 6 nitrogen and oxygen atoms in total. The van der Waals surface area contributed by atoms with E-state index in [9.17, 15) is 9.90 Å². The Balaban J connectivity index is 1.68. The summed E-state index contributed by atoms with van der Waals surface area (Å²) in [6, 6.07) is 3.82. The quantitative estimate of drug-likeness (QED) is 0.929. The molecule has 1 fully saturated rings. The van der Waals surface area contributed by atoms with Crippen molar-refractivity contribution in [2.45, 2.75) is 25.2 Å². The number of aromatic nitrogens is 3. The zero-order valence-corrected chi connectivity index (χ0v) is 12.7. The van der Waals surface area contributed by atoms with Crippen molar-refractivity contribution in [2.75, 3.05) is 18.0 Å². The van der Waals surface area contributed by atoms with E-state index in [0.717, 1.165) is 36.3 Å². The Morgan fingerprint density at radius 1 is 1.17 bits per heavy atom. The van der Waals surface area contributed by atoms with Crippen LogP contribution in [0.4, 0.5) is 5.82 Å². The van der Waals surface area contributed by atoms with E-state index in [1.165, 1.54) is 5.56 Å². The maximum Gasteiger partial charge on any atom is 0.308 e. The fraction of sp³-hybridized carbons (Fsp3) is 0.412. The van der Waals surface area contributed by atoms with E-state index in [0.29, 0.717) is 13.1 Å². The van der Waals surface area contributed by atoms with Gasteiger partial charge < -0.3 is 10.0 Å². The van der Waals surface area contributed by atoms with Crippen molar-refractivity contribution in [3.05, 3.63) is 47.7 Å². The molecule has 0 bridgehead atoms. The molecule has 1 aliphatic carbocycles. The van der Waals surface area contributed by atoms with Gasteiger partial charge in [0.05, 0.1) is 5.92 Å². The highest BCUT2D eigenvalue weighted by atomic mass is 16.4. The SMILES string of the molecule is O=C(O)[C@@H]1CN(c2ncnc3c2CCC3)C[C@H]1c1ccncc1. The Hall–Kier alpha value is -2.50. The van der Waals surface area contributed by atoms with Crippen LogP contribution in [-0.2, 0) is 17.6 Å². The molecule has 3 heterocycles. The molecule has 1 aliphatic heterocycles. The summed E-state index contributed by atoms with van der Waals surface area (Å²) in [6.07, 6.45) is 8.13. The highest BCUT2D eigenvalue weighted by Gasteiger charge is 2.40. The number of anilines is 1. The first-order chi connectivity index (χ1) is 11.2. The fourth-order valence-electron chi connectivity index (χ4n) is 3.79. The molecule has 0 saturated carbocycles. The van der Waals surface area contributed by atoms with Gasteiger partial charge >= 0.3 is 5.97 Å². The summed E-state index contributed by atoms with van der Waals surface area (Å²) >= 11 is 0. The van der Waals surface area contributed by atoms with Crippen LogP contribution in [0.15, 0.2) is 30.9 Å². The number of fused-ring (bicyclic) bond motifs is 1. The summed E-state index contributed by atoms with van der Waals surface area (Å²) in [5.41, 5.74) is 3.35. The fourth-order valence-corrected chi connectivity index (χ4v) is 3.79. The van der Waals surface area contributed by atoms with Crippen molar-refractivity contribution in [3.8, 4) is 0 Å². The van der Waals surface area contributed by atoms with Gasteiger partial charge in [0.25, 0.3) is 0 Å². The molecular weight excluding hydrogens is 292 g/mol. The first-order valence-corrected chi connectivity index (χ1v) is 7.94. The molecule has 23 heavy (non-hydrogen) atoms. The number of hydrogen-bond donors (Lipinski definition) is 1. The van der Waals surface area contributed by atoms with Crippen LogP contribution in [0, 0.1) is 5.92 Å². The number of hydrogen-bond acceptors (Lipinski definition) is 5. The predicted octanol–water partition coefficient (Wildman–Crippen LogP) is 1.66. The maximum atomic E-state index is 11.7. The van der Waals surface area contributed by atoms with Gasteiger partial charge in [-0.3, -0.25) is 9.78 Å². The molecule has 6 heteroatoms. The highest BCUT2D eigenvalue weighted by Crippen LogP contribution is 2.37. The third kappa shape index (κ3) is 2.44. The van der Waals surface area contributed by atoms with Gasteiger partial charge in [0.2, 0.25) is 0 Å². The van der Waals surface area contributed by atoms with Crippen molar-refractivity contribution in [2.24, 2.45) is 5.92 Å². The topological polar surface area (TPSA) is 79.2 Å². The second-order valence-electron chi connectivity index (χ2n) is 6.21. The van der Waals surface area contributed by atoms with Gasteiger partial charge in [0.15, 0.2) is 0 Å². The van der Waals surface area contributed by atoms with Crippen LogP contribution < -0.4 is 4.90 Å². The van der Waals surface area contributed by atoms with Gasteiger partial charge in [-0.15, -0.1) is 0 Å². The molecule has 118 valence electrons. The number of nitrogens with zero attached hydrogens (tertiary/aromatic N) is 4. The van der Waals surface area contributed by atoms with Crippen LogP contribution in [0.1, 0.15) is 29.2 Å². The Labute approximate surface area is 134 Å². The molecule has 2 aliphatic rings. The Morgan fingerprint density at radius 3 is 2.78 bits per heavy atom. The summed E-state index contributed by atoms with van der Waals surface area (Å²) in [5, 5.41) is 9.63. The van der Waals surface area contributed by atoms with E-state index >= 15 is 0 Å². The van der Waals surface area contributed by atoms with E-state index in [-0.39, 0.29) is 5.92 Å². The molecule has 4 rings (SSSR count). The van der Waals surface area contributed by atoms with Crippen LogP contribution in [-0.4, -0.2) is 39.1 Å². The Morgan fingerprint density at radius 2 is 2.00 bits per heavy atom. The first kappa shape index (κ1) is 14.1. The predicted molar refractivity (Wildman–Crippen MR) is 84.4 cm³/mol. The van der Waals surface area contributed by atoms with Gasteiger partial charge in [-0.1, -0.05) is 0 Å². The van der Waals surface area contributed by atoms with Gasteiger partial charge in [-0.25, -0.2) is 9.97 Å². The molecule has 0 unspecified atom stereocenters. The lowest BCUT2D eigenvalue weighted by molar-refractivity contribution is -0.141. The standard InChI is InChI=1S/C17H18N4O2/c22-17(23)14-9-21(8-13(14)11-4-6-18-7-5-11)16-12-2-1-3-15(12)19-10-20-16/h4-7,10,13-14H,1-3,8-9H2,(H,22,23)/t13-,14+/m0/s1. The van der Waals surface area contributed by atoms with Crippen LogP contribution in [0.2, 0.25) is 0 Å². The number of carboxylic acid groups (broad SMARTS) is 1. The maximum absolute atomic E-state index is 11.7. The molecular formula is C17H18N4O2. The lowest BCUT2D eigenvalue weighted by atomic mass is 9.90. The number of pyridine rings is 1. The number of carboxylic acids is 1. The van der Waals surface area contributed by atoms with Gasteiger partial charge in [-0.2, -0.15) is 0 Å². The van der Waals surface area contributed by atoms with Crippen LogP contribution in [0.5, 0.6) is 0 Å². The average Bonchev–Trinajstić information content (AvgIpc) is 3.22. The van der Waals surface area contributed by atoms with Crippen LogP contribution in [0.25, 0.3) is 0 Å². The minimum Gasteiger partial charge on any atom is -0.481 e. The minimum atomic E-state index is -0.750. The monoisotopic (exact) mass is 310 g/mol. The van der Waals surface area contributed by atoms with Crippen molar-refractivity contribution in [1.29, 1.82) is 0 Å². The second kappa shape index (κ2) is 5.61. The summed E-state index contributed by atoms with van der Waals surface area (Å²) in [7, 11) is 0. The van der Waals surface area contributed by atoms with Gasteiger partial charge in [0, 0.05) is 42.7 Å². The number of rotatable bonds is 3. The van der Waals surface area contributed by atoms with E-state index in [1.54, 1.807) is 18.7 Å². The smallest absolute Gasteiger partial charge is 0.308 e. The summed E-state index contributed by atoms with van der Waals surface area (Å²) in [5.74, 6) is -0.290. The lowest BCUT2D eigenvalue weighted by Gasteiger charge is -2.20. The van der Waals surface area contributed by atoms with Crippen molar-refractivity contribution >= 4 is 11.8 Å². The van der Waals surface area contributed by atoms with E-state index < -0.39 is 11.9 Å². The zero-order valence-electron chi connectivity index (χ0n) is 12.7. The molecule has 0 amide bonds. The molecule has 2 aromatic rings. The van der Waals surface area contributed by atoms with Crippen LogP contribution >= 0.6 is 0 Å². The number of carbonyl (C=O) groups is 1. The Kier molecular flexibility index (Phi) is 3.44. The van der Waals surface area contributed by atoms with Gasteiger partial charge in [-0.05, 0) is 37.0 Å². The molecule has 0 radical (unpaired) electrons. The molecule has 1 saturated heterocycles. The Bertz CT molecular complexity index is 735. The van der Waals surface area contributed by atoms with E-state index in [2.05, 4.69) is 19.9 Å². The van der Waals surface area contributed by atoms with Crippen molar-refractivity contribution < 1.29 is 9.90 Å². The third-order valence-corrected chi connectivity index (χ3v) is 4.92. The molecule has 2 aromatic heterocycles. The summed E-state index contributed by atoms with van der Waals surface area (Å²) in [6.45, 7) is 1.16. The first-order valence-electron chi connectivity index (χ1n) is 7.94. The van der Waals surface area contributed by atoms with Crippen LogP contribution in [0.3, 0.4) is 0 Å². The molecule has 1 N–H and O–H groups in total. The second-order valence-corrected chi connectivity index (χ2v) is 6.21. The van der Waals surface area contributed by atoms with E-state index in [1.807, 2.05) is 12.1 Å². The zero-order chi connectivity index (χ0) is 15.8. The summed E-state index contributed by atoms with van der Waals surface area (Å²) in [4.78, 5) is 26.7. The lowest BCUT2D eigenvalue weighted by Crippen LogP contribution is -2.24. The van der Waals surface area contributed by atoms with E-state index in [4.69, 9.17) is 0 Å². The minimum absolute atomic E-state index is 0.0393. The molecule has 0 spiro atoms. The largest absolute Gasteiger partial charge is 0.481 e. The highest BCUT2D eigenvalue weighted by molar-refractivity contribution is 5.74. The molecule has 2 atom stereocenters. The number of aliphatic carboxylic acids is 1.